The summed E-state index contributed by atoms with van der Waals surface area (Å²) in [7, 11) is 0. The van der Waals surface area contributed by atoms with Crippen LogP contribution in [-0.2, 0) is 6.18 Å². The number of halogens is 4. The van der Waals surface area contributed by atoms with E-state index in [1.54, 1.807) is 13.8 Å². The number of nitrogens with zero attached hydrogens (tertiary/aromatic N) is 2. The zero-order valence-electron chi connectivity index (χ0n) is 11.4. The lowest BCUT2D eigenvalue weighted by atomic mass is 10.1. The fraction of sp³-hybridized carbons (Fsp3) is 0.286. The number of aromatic nitrogens is 2. The quantitative estimate of drug-likeness (QED) is 0.869. The molecule has 0 amide bonds. The molecule has 0 aliphatic rings. The van der Waals surface area contributed by atoms with Crippen LogP contribution in [0, 0.1) is 12.7 Å². The van der Waals surface area contributed by atoms with Gasteiger partial charge in [-0.25, -0.2) is 14.4 Å². The van der Waals surface area contributed by atoms with E-state index in [9.17, 15) is 17.6 Å². The zero-order valence-corrected chi connectivity index (χ0v) is 11.4. The second-order valence-corrected chi connectivity index (χ2v) is 4.45. The van der Waals surface area contributed by atoms with E-state index in [1.807, 2.05) is 0 Å². The Morgan fingerprint density at radius 1 is 1.14 bits per heavy atom. The van der Waals surface area contributed by atoms with Crippen molar-refractivity contribution in [3.63, 3.8) is 0 Å². The highest BCUT2D eigenvalue weighted by Gasteiger charge is 2.35. The number of alkyl halides is 3. The lowest BCUT2D eigenvalue weighted by molar-refractivity contribution is -0.144. The normalized spacial score (nSPS) is 11.5. The van der Waals surface area contributed by atoms with Gasteiger partial charge >= 0.3 is 6.18 Å². The van der Waals surface area contributed by atoms with Gasteiger partial charge in [-0.05, 0) is 37.6 Å². The summed E-state index contributed by atoms with van der Waals surface area (Å²) in [5.41, 5.74) is 1.04. The highest BCUT2D eigenvalue weighted by Crippen LogP contribution is 2.31. The summed E-state index contributed by atoms with van der Waals surface area (Å²) in [5, 5.41) is 2.74. The van der Waals surface area contributed by atoms with Gasteiger partial charge in [-0.3, -0.25) is 0 Å². The third-order valence-corrected chi connectivity index (χ3v) is 2.80. The van der Waals surface area contributed by atoms with Crippen LogP contribution >= 0.6 is 0 Å². The van der Waals surface area contributed by atoms with E-state index < -0.39 is 17.8 Å². The first-order chi connectivity index (χ1) is 9.81. The van der Waals surface area contributed by atoms with Crippen LogP contribution in [0.25, 0.3) is 11.3 Å². The van der Waals surface area contributed by atoms with Gasteiger partial charge in [0.2, 0.25) is 5.82 Å². The van der Waals surface area contributed by atoms with Crippen molar-refractivity contribution in [2.45, 2.75) is 20.0 Å². The number of hydrogen-bond donors (Lipinski definition) is 1. The Morgan fingerprint density at radius 3 is 2.43 bits per heavy atom. The Kier molecular flexibility index (Phi) is 4.11. The first kappa shape index (κ1) is 15.2. The fourth-order valence-electron chi connectivity index (χ4n) is 1.90. The summed E-state index contributed by atoms with van der Waals surface area (Å²) in [5.74, 6) is -1.59. The van der Waals surface area contributed by atoms with Crippen molar-refractivity contribution < 1.29 is 17.6 Å². The maximum Gasteiger partial charge on any atom is 0.451 e. The predicted molar refractivity (Wildman–Crippen MR) is 71.3 cm³/mol. The zero-order chi connectivity index (χ0) is 15.6. The van der Waals surface area contributed by atoms with Gasteiger partial charge in [0.25, 0.3) is 0 Å². The Labute approximate surface area is 119 Å². The minimum absolute atomic E-state index is 0.0820. The van der Waals surface area contributed by atoms with E-state index in [0.717, 1.165) is 0 Å². The van der Waals surface area contributed by atoms with Crippen molar-refractivity contribution in [2.24, 2.45) is 0 Å². The number of aryl methyl sites for hydroxylation is 1. The minimum atomic E-state index is -4.64. The van der Waals surface area contributed by atoms with E-state index in [4.69, 9.17) is 0 Å². The molecule has 21 heavy (non-hydrogen) atoms. The van der Waals surface area contributed by atoms with E-state index in [1.165, 1.54) is 24.3 Å². The first-order valence-electron chi connectivity index (χ1n) is 6.28. The Morgan fingerprint density at radius 2 is 1.86 bits per heavy atom. The van der Waals surface area contributed by atoms with Gasteiger partial charge in [0, 0.05) is 18.2 Å². The molecule has 0 atom stereocenters. The summed E-state index contributed by atoms with van der Waals surface area (Å²) in [6.07, 6.45) is -4.64. The summed E-state index contributed by atoms with van der Waals surface area (Å²) in [6.45, 7) is 3.79. The summed E-state index contributed by atoms with van der Waals surface area (Å²) in [4.78, 5) is 6.99. The molecule has 0 saturated heterocycles. The summed E-state index contributed by atoms with van der Waals surface area (Å²) < 4.78 is 51.7. The van der Waals surface area contributed by atoms with Gasteiger partial charge in [0.05, 0.1) is 5.69 Å². The second-order valence-electron chi connectivity index (χ2n) is 4.45. The Bertz CT molecular complexity index is 653. The molecular formula is C14H13F4N3. The average Bonchev–Trinajstić information content (AvgIpc) is 2.37. The summed E-state index contributed by atoms with van der Waals surface area (Å²) >= 11 is 0. The maximum absolute atomic E-state index is 13.1. The highest BCUT2D eigenvalue weighted by atomic mass is 19.4. The molecule has 1 aromatic heterocycles. The van der Waals surface area contributed by atoms with Crippen molar-refractivity contribution in [1.29, 1.82) is 0 Å². The van der Waals surface area contributed by atoms with Crippen LogP contribution < -0.4 is 5.32 Å². The number of benzene rings is 1. The van der Waals surface area contributed by atoms with Crippen molar-refractivity contribution in [1.82, 2.24) is 9.97 Å². The standard InChI is InChI=1S/C14H13F4N3/c1-3-19-12-7-11(20-13(21-12)14(16,17)18)10-5-4-9(15)6-8(10)2/h4-7H,3H2,1-2H3,(H,19,20,21). The Balaban J connectivity index is 2.59. The number of rotatable bonds is 3. The van der Waals surface area contributed by atoms with Crippen molar-refractivity contribution >= 4 is 5.82 Å². The number of hydrogen-bond acceptors (Lipinski definition) is 3. The van der Waals surface area contributed by atoms with Gasteiger partial charge in [-0.1, -0.05) is 0 Å². The molecule has 0 saturated carbocycles. The second kappa shape index (κ2) is 5.67. The highest BCUT2D eigenvalue weighted by molar-refractivity contribution is 5.66. The van der Waals surface area contributed by atoms with Crippen LogP contribution in [0.5, 0.6) is 0 Å². The molecule has 0 aliphatic heterocycles. The van der Waals surface area contributed by atoms with E-state index in [0.29, 0.717) is 17.7 Å². The average molecular weight is 299 g/mol. The molecule has 1 heterocycles. The van der Waals surface area contributed by atoms with Crippen molar-refractivity contribution in [2.75, 3.05) is 11.9 Å². The number of nitrogens with one attached hydrogen (secondary N) is 1. The molecule has 2 aromatic rings. The monoisotopic (exact) mass is 299 g/mol. The van der Waals surface area contributed by atoms with E-state index in [2.05, 4.69) is 15.3 Å². The molecule has 7 heteroatoms. The van der Waals surface area contributed by atoms with Gasteiger partial charge in [0.15, 0.2) is 0 Å². The SMILES string of the molecule is CCNc1cc(-c2ccc(F)cc2C)nc(C(F)(F)F)n1. The molecule has 1 N–H and O–H groups in total. The van der Waals surface area contributed by atoms with Crippen molar-refractivity contribution in [3.05, 3.63) is 41.5 Å². The molecule has 0 radical (unpaired) electrons. The van der Waals surface area contributed by atoms with E-state index >= 15 is 0 Å². The largest absolute Gasteiger partial charge is 0.451 e. The number of anilines is 1. The molecule has 0 spiro atoms. The molecule has 1 aromatic carbocycles. The van der Waals surface area contributed by atoms with Gasteiger partial charge in [-0.2, -0.15) is 13.2 Å². The minimum Gasteiger partial charge on any atom is -0.370 e. The van der Waals surface area contributed by atoms with Crippen LogP contribution in [0.4, 0.5) is 23.4 Å². The first-order valence-corrected chi connectivity index (χ1v) is 6.28. The van der Waals surface area contributed by atoms with Crippen molar-refractivity contribution in [3.8, 4) is 11.3 Å². The van der Waals surface area contributed by atoms with Crippen LogP contribution in [0.15, 0.2) is 24.3 Å². The molecule has 112 valence electrons. The van der Waals surface area contributed by atoms with Gasteiger partial charge in [-0.15, -0.1) is 0 Å². The van der Waals surface area contributed by atoms with Crippen LogP contribution in [-0.4, -0.2) is 16.5 Å². The third kappa shape index (κ3) is 3.48. The third-order valence-electron chi connectivity index (χ3n) is 2.80. The van der Waals surface area contributed by atoms with Crippen LogP contribution in [0.2, 0.25) is 0 Å². The molecule has 3 nitrogen and oxygen atoms in total. The fourth-order valence-corrected chi connectivity index (χ4v) is 1.90. The molecule has 2 rings (SSSR count). The molecular weight excluding hydrogens is 286 g/mol. The smallest absolute Gasteiger partial charge is 0.370 e. The lowest BCUT2D eigenvalue weighted by Gasteiger charge is -2.12. The predicted octanol–water partition coefficient (Wildman–Crippen LogP) is 4.04. The molecule has 0 fully saturated rings. The molecule has 0 unspecified atom stereocenters. The maximum atomic E-state index is 13.1. The van der Waals surface area contributed by atoms with Crippen LogP contribution in [0.3, 0.4) is 0 Å². The Hall–Kier alpha value is -2.18. The molecule has 0 bridgehead atoms. The van der Waals surface area contributed by atoms with Gasteiger partial charge in [0.1, 0.15) is 11.6 Å². The summed E-state index contributed by atoms with van der Waals surface area (Å²) in [6, 6.07) is 5.25. The van der Waals surface area contributed by atoms with Crippen LogP contribution in [0.1, 0.15) is 18.3 Å². The topological polar surface area (TPSA) is 37.8 Å². The molecule has 0 aliphatic carbocycles. The van der Waals surface area contributed by atoms with E-state index in [-0.39, 0.29) is 11.5 Å². The van der Waals surface area contributed by atoms with Gasteiger partial charge < -0.3 is 5.32 Å². The lowest BCUT2D eigenvalue weighted by Crippen LogP contribution is -2.14.